The number of amides is 1. The molecule has 1 aliphatic rings. The van der Waals surface area contributed by atoms with Crippen LogP contribution in [0, 0.1) is 0 Å². The highest BCUT2D eigenvalue weighted by molar-refractivity contribution is 5.76. The van der Waals surface area contributed by atoms with E-state index in [1.165, 1.54) is 0 Å². The zero-order chi connectivity index (χ0) is 11.8. The van der Waals surface area contributed by atoms with Gasteiger partial charge in [-0.3, -0.25) is 4.79 Å². The van der Waals surface area contributed by atoms with Crippen LogP contribution in [0.25, 0.3) is 0 Å². The van der Waals surface area contributed by atoms with Gasteiger partial charge in [0.05, 0.1) is 6.61 Å². The van der Waals surface area contributed by atoms with E-state index in [0.29, 0.717) is 0 Å². The standard InChI is InChI=1S/C10H18F2N2O2/c11-9(12)7-16-5-3-10(15)14-8-2-1-4-13-6-8/h8-9,13H,1-7H2,(H,14,15)/t8-/m1/s1. The molecule has 0 bridgehead atoms. The van der Waals surface area contributed by atoms with Crippen molar-refractivity contribution in [2.45, 2.75) is 31.7 Å². The molecule has 0 unspecified atom stereocenters. The molecule has 0 spiro atoms. The monoisotopic (exact) mass is 236 g/mol. The van der Waals surface area contributed by atoms with Crippen LogP contribution in [0.15, 0.2) is 0 Å². The molecule has 0 saturated carbocycles. The average molecular weight is 236 g/mol. The maximum Gasteiger partial charge on any atom is 0.261 e. The van der Waals surface area contributed by atoms with E-state index in [4.69, 9.17) is 0 Å². The van der Waals surface area contributed by atoms with Gasteiger partial charge >= 0.3 is 0 Å². The Morgan fingerprint density at radius 3 is 3.00 bits per heavy atom. The first kappa shape index (κ1) is 13.3. The van der Waals surface area contributed by atoms with Crippen molar-refractivity contribution in [2.24, 2.45) is 0 Å². The van der Waals surface area contributed by atoms with E-state index < -0.39 is 13.0 Å². The average Bonchev–Trinajstić information content (AvgIpc) is 2.25. The van der Waals surface area contributed by atoms with Crippen molar-refractivity contribution >= 4 is 5.91 Å². The zero-order valence-corrected chi connectivity index (χ0v) is 9.18. The normalized spacial score (nSPS) is 21.1. The van der Waals surface area contributed by atoms with Gasteiger partial charge in [0.15, 0.2) is 0 Å². The van der Waals surface area contributed by atoms with Gasteiger partial charge in [0.1, 0.15) is 6.61 Å². The van der Waals surface area contributed by atoms with Crippen LogP contribution in [0.4, 0.5) is 8.78 Å². The fourth-order valence-corrected chi connectivity index (χ4v) is 1.61. The van der Waals surface area contributed by atoms with Crippen LogP contribution in [0.2, 0.25) is 0 Å². The molecule has 0 aromatic carbocycles. The fraction of sp³-hybridized carbons (Fsp3) is 0.900. The molecule has 1 aliphatic heterocycles. The van der Waals surface area contributed by atoms with Crippen LogP contribution in [-0.4, -0.2) is 44.7 Å². The van der Waals surface area contributed by atoms with Gasteiger partial charge in [0.2, 0.25) is 5.91 Å². The van der Waals surface area contributed by atoms with E-state index in [-0.39, 0.29) is 25.0 Å². The lowest BCUT2D eigenvalue weighted by Gasteiger charge is -2.23. The van der Waals surface area contributed by atoms with Gasteiger partial charge in [-0.25, -0.2) is 8.78 Å². The van der Waals surface area contributed by atoms with E-state index in [2.05, 4.69) is 15.4 Å². The van der Waals surface area contributed by atoms with Gasteiger partial charge in [-0.15, -0.1) is 0 Å². The first-order chi connectivity index (χ1) is 7.68. The van der Waals surface area contributed by atoms with E-state index >= 15 is 0 Å². The van der Waals surface area contributed by atoms with E-state index in [9.17, 15) is 13.6 Å². The molecule has 1 rings (SSSR count). The molecule has 1 amide bonds. The minimum Gasteiger partial charge on any atom is -0.375 e. The molecule has 1 saturated heterocycles. The van der Waals surface area contributed by atoms with Gasteiger partial charge < -0.3 is 15.4 Å². The van der Waals surface area contributed by atoms with Gasteiger partial charge in [-0.05, 0) is 19.4 Å². The third-order valence-electron chi connectivity index (χ3n) is 2.38. The molecule has 0 aliphatic carbocycles. The molecule has 1 atom stereocenters. The first-order valence-electron chi connectivity index (χ1n) is 5.54. The molecule has 6 heteroatoms. The number of nitrogens with one attached hydrogen (secondary N) is 2. The Bertz CT molecular complexity index is 209. The molecule has 2 N–H and O–H groups in total. The van der Waals surface area contributed by atoms with Crippen LogP contribution >= 0.6 is 0 Å². The Hall–Kier alpha value is -0.750. The molecule has 94 valence electrons. The van der Waals surface area contributed by atoms with E-state index in [1.807, 2.05) is 0 Å². The fourth-order valence-electron chi connectivity index (χ4n) is 1.61. The molecule has 1 fully saturated rings. The summed E-state index contributed by atoms with van der Waals surface area (Å²) in [6, 6.07) is 0.163. The maximum atomic E-state index is 11.7. The Morgan fingerprint density at radius 2 is 2.38 bits per heavy atom. The number of halogens is 2. The number of hydrogen-bond acceptors (Lipinski definition) is 3. The zero-order valence-electron chi connectivity index (χ0n) is 9.18. The predicted octanol–water partition coefficient (Wildman–Crippen LogP) is 0.526. The Morgan fingerprint density at radius 1 is 1.56 bits per heavy atom. The summed E-state index contributed by atoms with van der Waals surface area (Å²) in [5, 5.41) is 6.02. The van der Waals surface area contributed by atoms with Crippen LogP contribution in [-0.2, 0) is 9.53 Å². The number of carbonyl (C=O) groups excluding carboxylic acids is 1. The lowest BCUT2D eigenvalue weighted by Crippen LogP contribution is -2.45. The van der Waals surface area contributed by atoms with E-state index in [0.717, 1.165) is 25.9 Å². The third kappa shape index (κ3) is 5.97. The number of carbonyl (C=O) groups is 1. The largest absolute Gasteiger partial charge is 0.375 e. The minimum absolute atomic E-state index is 0.0519. The SMILES string of the molecule is O=C(CCOCC(F)F)N[C@@H]1CCCNC1. The quantitative estimate of drug-likeness (QED) is 0.661. The second kappa shape index (κ2) is 7.51. The second-order valence-electron chi connectivity index (χ2n) is 3.83. The summed E-state index contributed by atoms with van der Waals surface area (Å²) in [5.41, 5.74) is 0. The Kier molecular flexibility index (Phi) is 6.25. The number of rotatable bonds is 6. The predicted molar refractivity (Wildman–Crippen MR) is 55.5 cm³/mol. The number of alkyl halides is 2. The van der Waals surface area contributed by atoms with Gasteiger partial charge in [0, 0.05) is 19.0 Å². The summed E-state index contributed by atoms with van der Waals surface area (Å²) < 4.78 is 28.0. The van der Waals surface area contributed by atoms with Gasteiger partial charge in [-0.1, -0.05) is 0 Å². The molecule has 0 aromatic rings. The molecular formula is C10H18F2N2O2. The number of piperidine rings is 1. The van der Waals surface area contributed by atoms with E-state index in [1.54, 1.807) is 0 Å². The third-order valence-corrected chi connectivity index (χ3v) is 2.38. The van der Waals surface area contributed by atoms with Crippen LogP contribution < -0.4 is 10.6 Å². The Labute approximate surface area is 93.7 Å². The van der Waals surface area contributed by atoms with Crippen LogP contribution in [0.5, 0.6) is 0 Å². The molecule has 4 nitrogen and oxygen atoms in total. The van der Waals surface area contributed by atoms with Crippen LogP contribution in [0.1, 0.15) is 19.3 Å². The molecule has 16 heavy (non-hydrogen) atoms. The molecule has 1 heterocycles. The van der Waals surface area contributed by atoms with Crippen LogP contribution in [0.3, 0.4) is 0 Å². The summed E-state index contributed by atoms with van der Waals surface area (Å²) in [6.07, 6.45) is -0.308. The highest BCUT2D eigenvalue weighted by Crippen LogP contribution is 2.01. The smallest absolute Gasteiger partial charge is 0.261 e. The highest BCUT2D eigenvalue weighted by atomic mass is 19.3. The summed E-state index contributed by atoms with van der Waals surface area (Å²) in [6.45, 7) is 1.22. The van der Waals surface area contributed by atoms with Crippen molar-refractivity contribution in [3.8, 4) is 0 Å². The van der Waals surface area contributed by atoms with Gasteiger partial charge in [0.25, 0.3) is 6.43 Å². The van der Waals surface area contributed by atoms with Gasteiger partial charge in [-0.2, -0.15) is 0 Å². The first-order valence-corrected chi connectivity index (χ1v) is 5.54. The van der Waals surface area contributed by atoms with Crippen molar-refractivity contribution in [3.05, 3.63) is 0 Å². The van der Waals surface area contributed by atoms with Crippen molar-refractivity contribution in [1.29, 1.82) is 0 Å². The van der Waals surface area contributed by atoms with Crippen molar-refractivity contribution < 1.29 is 18.3 Å². The summed E-state index contributed by atoms with van der Waals surface area (Å²) in [4.78, 5) is 11.3. The summed E-state index contributed by atoms with van der Waals surface area (Å²) in [7, 11) is 0. The second-order valence-corrected chi connectivity index (χ2v) is 3.83. The maximum absolute atomic E-state index is 11.7. The number of hydrogen-bond donors (Lipinski definition) is 2. The van der Waals surface area contributed by atoms with Crippen molar-refractivity contribution in [1.82, 2.24) is 10.6 Å². The Balaban J connectivity index is 2.01. The summed E-state index contributed by atoms with van der Waals surface area (Å²) >= 11 is 0. The molecule has 0 aromatic heterocycles. The van der Waals surface area contributed by atoms with Crippen molar-refractivity contribution in [3.63, 3.8) is 0 Å². The highest BCUT2D eigenvalue weighted by Gasteiger charge is 2.14. The molecular weight excluding hydrogens is 218 g/mol. The topological polar surface area (TPSA) is 50.4 Å². The van der Waals surface area contributed by atoms with Crippen molar-refractivity contribution in [2.75, 3.05) is 26.3 Å². The lowest BCUT2D eigenvalue weighted by molar-refractivity contribution is -0.123. The number of ether oxygens (including phenoxy) is 1. The molecule has 0 radical (unpaired) electrons. The minimum atomic E-state index is -2.47. The summed E-state index contributed by atoms with van der Waals surface area (Å²) in [5.74, 6) is -0.136. The lowest BCUT2D eigenvalue weighted by atomic mass is 10.1.